The second-order valence-electron chi connectivity index (χ2n) is 8.75. The van der Waals surface area contributed by atoms with Crippen molar-refractivity contribution in [2.75, 3.05) is 13.2 Å². The number of nitrogens with zero attached hydrogens (tertiary/aromatic N) is 1. The van der Waals surface area contributed by atoms with E-state index in [1.807, 2.05) is 47.4 Å². The number of carbonyl (C=O) groups is 2. The number of amides is 1. The van der Waals surface area contributed by atoms with Gasteiger partial charge in [0, 0.05) is 28.1 Å². The number of aliphatic carboxylic acids is 1. The van der Waals surface area contributed by atoms with E-state index >= 15 is 0 Å². The Hall–Kier alpha value is -3.02. The molecule has 7 heteroatoms. The Kier molecular flexibility index (Phi) is 6.24. The van der Waals surface area contributed by atoms with Gasteiger partial charge in [0.25, 0.3) is 0 Å². The molecule has 5 nitrogen and oxygen atoms in total. The van der Waals surface area contributed by atoms with E-state index in [1.54, 1.807) is 18.2 Å². The van der Waals surface area contributed by atoms with Crippen molar-refractivity contribution in [3.8, 4) is 5.75 Å². The molecule has 5 rings (SSSR count). The van der Waals surface area contributed by atoms with Gasteiger partial charge in [0.15, 0.2) is 6.61 Å². The number of ether oxygens (including phenoxy) is 1. The van der Waals surface area contributed by atoms with Gasteiger partial charge >= 0.3 is 5.97 Å². The van der Waals surface area contributed by atoms with Crippen LogP contribution in [-0.4, -0.2) is 35.0 Å². The number of benzene rings is 3. The first-order valence-corrected chi connectivity index (χ1v) is 12.0. The van der Waals surface area contributed by atoms with Crippen LogP contribution in [0, 0.1) is 5.92 Å². The van der Waals surface area contributed by atoms with E-state index in [0.717, 1.165) is 29.5 Å². The number of hydrogen-bond acceptors (Lipinski definition) is 3. The summed E-state index contributed by atoms with van der Waals surface area (Å²) in [7, 11) is 0. The molecule has 1 amide bonds. The molecule has 174 valence electrons. The van der Waals surface area contributed by atoms with E-state index in [9.17, 15) is 9.59 Å². The minimum Gasteiger partial charge on any atom is -0.482 e. The average Bonchev–Trinajstić information content (AvgIpc) is 3.63. The van der Waals surface area contributed by atoms with Crippen LogP contribution in [0.4, 0.5) is 0 Å². The van der Waals surface area contributed by atoms with Crippen molar-refractivity contribution < 1.29 is 19.4 Å². The number of carboxylic acid groups (broad SMARTS) is 1. The summed E-state index contributed by atoms with van der Waals surface area (Å²) < 4.78 is 5.62. The summed E-state index contributed by atoms with van der Waals surface area (Å²) in [5.74, 6) is -0.553. The molecule has 1 N–H and O–H groups in total. The summed E-state index contributed by atoms with van der Waals surface area (Å²) in [6.45, 7) is 0.0839. The Bertz CT molecular complexity index is 1260. The third-order valence-electron chi connectivity index (χ3n) is 6.57. The highest BCUT2D eigenvalue weighted by atomic mass is 35.5. The maximum atomic E-state index is 13.8. The number of fused-ring (bicyclic) bond motifs is 1. The van der Waals surface area contributed by atoms with E-state index < -0.39 is 18.6 Å². The molecule has 0 spiro atoms. The molecule has 3 atom stereocenters. The van der Waals surface area contributed by atoms with Crippen LogP contribution in [0.2, 0.25) is 10.0 Å². The van der Waals surface area contributed by atoms with Gasteiger partial charge in [-0.15, -0.1) is 0 Å². The Morgan fingerprint density at radius 3 is 2.56 bits per heavy atom. The van der Waals surface area contributed by atoms with Crippen molar-refractivity contribution in [1.82, 2.24) is 4.90 Å². The fourth-order valence-electron chi connectivity index (χ4n) is 4.93. The zero-order valence-electron chi connectivity index (χ0n) is 18.3. The summed E-state index contributed by atoms with van der Waals surface area (Å²) in [4.78, 5) is 26.9. The van der Waals surface area contributed by atoms with Gasteiger partial charge in [-0.05, 0) is 65.8 Å². The van der Waals surface area contributed by atoms with Crippen molar-refractivity contribution in [1.29, 1.82) is 0 Å². The topological polar surface area (TPSA) is 66.8 Å². The Balaban J connectivity index is 1.52. The van der Waals surface area contributed by atoms with Crippen LogP contribution in [0.15, 0.2) is 66.7 Å². The van der Waals surface area contributed by atoms with E-state index in [2.05, 4.69) is 6.07 Å². The monoisotopic (exact) mass is 495 g/mol. The third-order valence-corrected chi connectivity index (χ3v) is 7.04. The first-order chi connectivity index (χ1) is 16.4. The van der Waals surface area contributed by atoms with Gasteiger partial charge in [-0.25, -0.2) is 4.79 Å². The summed E-state index contributed by atoms with van der Waals surface area (Å²) >= 11 is 12.5. The maximum absolute atomic E-state index is 13.8. The highest BCUT2D eigenvalue weighted by Crippen LogP contribution is 2.51. The van der Waals surface area contributed by atoms with Gasteiger partial charge in [-0.1, -0.05) is 59.6 Å². The smallest absolute Gasteiger partial charge is 0.341 e. The number of carboxylic acids is 1. The molecule has 34 heavy (non-hydrogen) atoms. The molecule has 1 saturated carbocycles. The van der Waals surface area contributed by atoms with Gasteiger partial charge in [-0.2, -0.15) is 0 Å². The van der Waals surface area contributed by atoms with E-state index in [4.69, 9.17) is 33.0 Å². The molecular formula is C27H23Cl2NO4. The van der Waals surface area contributed by atoms with E-state index in [-0.39, 0.29) is 17.7 Å². The van der Waals surface area contributed by atoms with E-state index in [0.29, 0.717) is 27.9 Å². The number of rotatable bonds is 6. The normalized spacial score (nSPS) is 21.0. The lowest BCUT2D eigenvalue weighted by Gasteiger charge is -2.38. The molecule has 0 radical (unpaired) electrons. The van der Waals surface area contributed by atoms with Crippen LogP contribution >= 0.6 is 23.2 Å². The molecule has 0 saturated heterocycles. The first kappa shape index (κ1) is 22.8. The molecule has 1 fully saturated rings. The van der Waals surface area contributed by atoms with Crippen LogP contribution in [0.3, 0.4) is 0 Å². The fourth-order valence-corrected chi connectivity index (χ4v) is 5.31. The van der Waals surface area contributed by atoms with Gasteiger partial charge in [0.1, 0.15) is 5.75 Å². The molecule has 1 aliphatic heterocycles. The zero-order valence-corrected chi connectivity index (χ0v) is 19.8. The summed E-state index contributed by atoms with van der Waals surface area (Å²) in [5.41, 5.74) is 3.93. The Morgan fingerprint density at radius 1 is 0.971 bits per heavy atom. The minimum atomic E-state index is -1.07. The Morgan fingerprint density at radius 2 is 1.76 bits per heavy atom. The largest absolute Gasteiger partial charge is 0.482 e. The lowest BCUT2D eigenvalue weighted by molar-refractivity contribution is -0.139. The maximum Gasteiger partial charge on any atom is 0.341 e. The highest BCUT2D eigenvalue weighted by molar-refractivity contribution is 6.31. The quantitative estimate of drug-likeness (QED) is 0.473. The predicted octanol–water partition coefficient (Wildman–Crippen LogP) is 5.73. The fraction of sp³-hybridized carbons (Fsp3) is 0.259. The van der Waals surface area contributed by atoms with Gasteiger partial charge < -0.3 is 14.7 Å². The minimum absolute atomic E-state index is 0.0774. The standard InChI is InChI=1S/C27H23Cl2NO4/c28-18-6-3-5-17(12-18)21-14-22(21)27(33)30-11-10-16-4-1-2-7-20(16)26(30)23-13-19(29)8-9-24(23)34-15-25(31)32/h1-9,12-13,21-22,26H,10-11,14-15H2,(H,31,32)/t21?,22?,26-/m0/s1. The SMILES string of the molecule is O=C(O)COc1ccc(Cl)cc1[C@@H]1c2ccccc2CCN1C(=O)C1CC1c1cccc(Cl)c1. The number of halogens is 2. The van der Waals surface area contributed by atoms with Crippen molar-refractivity contribution in [2.24, 2.45) is 5.92 Å². The van der Waals surface area contributed by atoms with Crippen LogP contribution in [0.25, 0.3) is 0 Å². The Labute approximate surface area is 207 Å². The predicted molar refractivity (Wildman–Crippen MR) is 131 cm³/mol. The summed E-state index contributed by atoms with van der Waals surface area (Å²) in [6, 6.07) is 20.4. The molecule has 2 aliphatic rings. The summed E-state index contributed by atoms with van der Waals surface area (Å²) in [5, 5.41) is 10.3. The lowest BCUT2D eigenvalue weighted by atomic mass is 9.87. The molecule has 3 aromatic carbocycles. The van der Waals surface area contributed by atoms with E-state index in [1.165, 1.54) is 0 Å². The van der Waals surface area contributed by atoms with Gasteiger partial charge in [0.05, 0.1) is 6.04 Å². The first-order valence-electron chi connectivity index (χ1n) is 11.2. The van der Waals surface area contributed by atoms with Crippen molar-refractivity contribution >= 4 is 35.1 Å². The molecule has 3 aromatic rings. The highest BCUT2D eigenvalue weighted by Gasteiger charge is 2.48. The number of hydrogen-bond donors (Lipinski definition) is 1. The number of carbonyl (C=O) groups excluding carboxylic acids is 1. The lowest BCUT2D eigenvalue weighted by Crippen LogP contribution is -2.41. The molecule has 2 unspecified atom stereocenters. The molecule has 0 bridgehead atoms. The molecule has 0 aromatic heterocycles. The van der Waals surface area contributed by atoms with Crippen molar-refractivity contribution in [3.05, 3.63) is 99.0 Å². The second-order valence-corrected chi connectivity index (χ2v) is 9.62. The molecule has 1 heterocycles. The zero-order chi connectivity index (χ0) is 23.8. The van der Waals surface area contributed by atoms with Crippen LogP contribution < -0.4 is 4.74 Å². The molecular weight excluding hydrogens is 473 g/mol. The molecule has 1 aliphatic carbocycles. The van der Waals surface area contributed by atoms with Crippen LogP contribution in [0.1, 0.15) is 40.6 Å². The van der Waals surface area contributed by atoms with Crippen LogP contribution in [-0.2, 0) is 16.0 Å². The van der Waals surface area contributed by atoms with Crippen molar-refractivity contribution in [3.63, 3.8) is 0 Å². The van der Waals surface area contributed by atoms with Crippen molar-refractivity contribution in [2.45, 2.75) is 24.8 Å². The van der Waals surface area contributed by atoms with Gasteiger partial charge in [0.2, 0.25) is 5.91 Å². The second kappa shape index (κ2) is 9.32. The van der Waals surface area contributed by atoms with Gasteiger partial charge in [-0.3, -0.25) is 4.79 Å². The average molecular weight is 496 g/mol. The van der Waals surface area contributed by atoms with Crippen LogP contribution in [0.5, 0.6) is 5.75 Å². The third kappa shape index (κ3) is 4.50. The summed E-state index contributed by atoms with van der Waals surface area (Å²) in [6.07, 6.45) is 1.53.